The molecule has 0 saturated heterocycles. The van der Waals surface area contributed by atoms with E-state index in [2.05, 4.69) is 15.0 Å². The summed E-state index contributed by atoms with van der Waals surface area (Å²) in [5.41, 5.74) is 5.42. The first-order chi connectivity index (χ1) is 11.0. The number of anilines is 1. The SMILES string of the molecule is C[C@@H](CNc1cc(C(N)=O)ns1)NC(=O)[CH]CC1CCCCC1. The molecule has 1 aromatic heterocycles. The summed E-state index contributed by atoms with van der Waals surface area (Å²) >= 11 is 1.19. The van der Waals surface area contributed by atoms with Crippen LogP contribution in [0.25, 0.3) is 0 Å². The average Bonchev–Trinajstić information content (AvgIpc) is 3.01. The number of hydrogen-bond acceptors (Lipinski definition) is 5. The van der Waals surface area contributed by atoms with E-state index in [1.165, 1.54) is 43.6 Å². The largest absolute Gasteiger partial charge is 0.374 e. The van der Waals surface area contributed by atoms with Crippen molar-refractivity contribution >= 4 is 28.3 Å². The van der Waals surface area contributed by atoms with Gasteiger partial charge in [-0.2, -0.15) is 4.37 Å². The minimum absolute atomic E-state index is 0.00740. The second-order valence-electron chi connectivity index (χ2n) is 6.18. The van der Waals surface area contributed by atoms with Crippen molar-refractivity contribution in [1.82, 2.24) is 9.69 Å². The van der Waals surface area contributed by atoms with Crippen molar-refractivity contribution < 1.29 is 9.59 Å². The number of aromatic nitrogens is 1. The lowest BCUT2D eigenvalue weighted by Gasteiger charge is -2.21. The molecular formula is C16H25N4O2S. The molecule has 23 heavy (non-hydrogen) atoms. The number of rotatable bonds is 8. The van der Waals surface area contributed by atoms with Crippen LogP contribution in [-0.4, -0.2) is 28.8 Å². The van der Waals surface area contributed by atoms with Gasteiger partial charge in [0.05, 0.1) is 0 Å². The molecule has 1 fully saturated rings. The summed E-state index contributed by atoms with van der Waals surface area (Å²) in [6.07, 6.45) is 9.07. The van der Waals surface area contributed by atoms with Crippen LogP contribution in [0, 0.1) is 12.3 Å². The van der Waals surface area contributed by atoms with Crippen molar-refractivity contribution in [3.63, 3.8) is 0 Å². The molecule has 0 aromatic carbocycles. The van der Waals surface area contributed by atoms with Gasteiger partial charge in [-0.15, -0.1) is 0 Å². The van der Waals surface area contributed by atoms with Crippen molar-refractivity contribution in [3.8, 4) is 0 Å². The molecule has 0 spiro atoms. The Labute approximate surface area is 141 Å². The zero-order chi connectivity index (χ0) is 16.7. The van der Waals surface area contributed by atoms with E-state index >= 15 is 0 Å². The minimum atomic E-state index is -0.534. The van der Waals surface area contributed by atoms with Gasteiger partial charge in [0.1, 0.15) is 10.7 Å². The van der Waals surface area contributed by atoms with Crippen LogP contribution in [0.15, 0.2) is 6.07 Å². The second kappa shape index (κ2) is 8.86. The lowest BCUT2D eigenvalue weighted by molar-refractivity contribution is -0.118. The third-order valence-electron chi connectivity index (χ3n) is 4.10. The van der Waals surface area contributed by atoms with Crippen molar-refractivity contribution in [3.05, 3.63) is 18.2 Å². The van der Waals surface area contributed by atoms with Crippen LogP contribution in [0.2, 0.25) is 0 Å². The highest BCUT2D eigenvalue weighted by molar-refractivity contribution is 7.10. The second-order valence-corrected chi connectivity index (χ2v) is 6.98. The molecule has 1 atom stereocenters. The Bertz CT molecular complexity index is 526. The molecule has 1 radical (unpaired) electrons. The molecule has 2 rings (SSSR count). The summed E-state index contributed by atoms with van der Waals surface area (Å²) in [7, 11) is 0. The fourth-order valence-corrected chi connectivity index (χ4v) is 3.43. The van der Waals surface area contributed by atoms with Gasteiger partial charge in [0.2, 0.25) is 5.91 Å². The summed E-state index contributed by atoms with van der Waals surface area (Å²) in [5, 5.41) is 6.87. The molecule has 1 aliphatic carbocycles. The van der Waals surface area contributed by atoms with Crippen molar-refractivity contribution in [1.29, 1.82) is 0 Å². The molecule has 7 heteroatoms. The van der Waals surface area contributed by atoms with Gasteiger partial charge in [-0.05, 0) is 30.8 Å². The molecular weight excluding hydrogens is 312 g/mol. The van der Waals surface area contributed by atoms with Crippen LogP contribution in [0.5, 0.6) is 0 Å². The molecule has 127 valence electrons. The van der Waals surface area contributed by atoms with Gasteiger partial charge in [-0.1, -0.05) is 32.1 Å². The number of nitrogens with one attached hydrogen (secondary N) is 2. The average molecular weight is 337 g/mol. The lowest BCUT2D eigenvalue weighted by atomic mass is 9.86. The Morgan fingerprint density at radius 2 is 2.17 bits per heavy atom. The smallest absolute Gasteiger partial charge is 0.268 e. The molecule has 4 N–H and O–H groups in total. The normalized spacial score (nSPS) is 16.7. The number of nitrogens with zero attached hydrogens (tertiary/aromatic N) is 1. The van der Waals surface area contributed by atoms with E-state index in [0.29, 0.717) is 12.5 Å². The molecule has 1 saturated carbocycles. The number of amides is 2. The quantitative estimate of drug-likeness (QED) is 0.678. The molecule has 1 aliphatic rings. The van der Waals surface area contributed by atoms with Gasteiger partial charge in [0.25, 0.3) is 5.91 Å². The van der Waals surface area contributed by atoms with E-state index in [4.69, 9.17) is 5.73 Å². The molecule has 0 unspecified atom stereocenters. The fraction of sp³-hybridized carbons (Fsp3) is 0.625. The number of carbonyl (C=O) groups is 2. The van der Waals surface area contributed by atoms with Crippen LogP contribution in [-0.2, 0) is 4.79 Å². The first-order valence-electron chi connectivity index (χ1n) is 8.18. The Morgan fingerprint density at radius 3 is 2.83 bits per heavy atom. The third-order valence-corrected chi connectivity index (χ3v) is 4.84. The van der Waals surface area contributed by atoms with E-state index < -0.39 is 5.91 Å². The Hall–Kier alpha value is -1.63. The number of carbonyl (C=O) groups excluding carboxylic acids is 2. The fourth-order valence-electron chi connectivity index (χ4n) is 2.78. The summed E-state index contributed by atoms with van der Waals surface area (Å²) in [6, 6.07) is 1.61. The van der Waals surface area contributed by atoms with Crippen molar-refractivity contribution in [2.45, 2.75) is 51.5 Å². The number of hydrogen-bond donors (Lipinski definition) is 3. The Balaban J connectivity index is 1.63. The van der Waals surface area contributed by atoms with E-state index in [1.807, 2.05) is 6.92 Å². The molecule has 6 nitrogen and oxygen atoms in total. The molecule has 1 aromatic rings. The zero-order valence-electron chi connectivity index (χ0n) is 13.5. The van der Waals surface area contributed by atoms with Crippen LogP contribution in [0.3, 0.4) is 0 Å². The summed E-state index contributed by atoms with van der Waals surface area (Å²) in [6.45, 7) is 2.51. The molecule has 0 bridgehead atoms. The molecule has 0 aliphatic heterocycles. The van der Waals surface area contributed by atoms with E-state index in [9.17, 15) is 9.59 Å². The topological polar surface area (TPSA) is 97.1 Å². The van der Waals surface area contributed by atoms with Crippen LogP contribution in [0.1, 0.15) is 55.9 Å². The lowest BCUT2D eigenvalue weighted by Crippen LogP contribution is -2.37. The Morgan fingerprint density at radius 1 is 1.43 bits per heavy atom. The number of primary amides is 1. The maximum absolute atomic E-state index is 11.9. The van der Waals surface area contributed by atoms with Gasteiger partial charge >= 0.3 is 0 Å². The minimum Gasteiger partial charge on any atom is -0.374 e. The maximum Gasteiger partial charge on any atom is 0.268 e. The maximum atomic E-state index is 11.9. The van der Waals surface area contributed by atoms with E-state index in [-0.39, 0.29) is 17.6 Å². The third kappa shape index (κ3) is 6.17. The van der Waals surface area contributed by atoms with Crippen molar-refractivity contribution in [2.75, 3.05) is 11.9 Å². The molecule has 2 amide bonds. The van der Waals surface area contributed by atoms with Gasteiger partial charge in [0.15, 0.2) is 0 Å². The van der Waals surface area contributed by atoms with Crippen LogP contribution >= 0.6 is 11.5 Å². The Kier molecular flexibility index (Phi) is 6.83. The first kappa shape index (κ1) is 17.7. The van der Waals surface area contributed by atoms with Gasteiger partial charge in [-0.3, -0.25) is 9.59 Å². The standard InChI is InChI=1S/C16H25N4O2S/c1-11(10-18-15-9-13(16(17)22)20-23-15)19-14(21)8-7-12-5-3-2-4-6-12/h8-9,11-12,18H,2-7,10H2,1H3,(H2,17,22)(H,19,21)/t11-/m0/s1. The van der Waals surface area contributed by atoms with E-state index in [1.54, 1.807) is 12.5 Å². The highest BCUT2D eigenvalue weighted by atomic mass is 32.1. The van der Waals surface area contributed by atoms with Crippen molar-refractivity contribution in [2.24, 2.45) is 11.7 Å². The summed E-state index contributed by atoms with van der Waals surface area (Å²) < 4.78 is 3.95. The summed E-state index contributed by atoms with van der Waals surface area (Å²) in [4.78, 5) is 22.9. The highest BCUT2D eigenvalue weighted by Gasteiger charge is 2.16. The monoisotopic (exact) mass is 337 g/mol. The first-order valence-corrected chi connectivity index (χ1v) is 8.96. The summed E-state index contributed by atoms with van der Waals surface area (Å²) in [5.74, 6) is 0.132. The molecule has 1 heterocycles. The van der Waals surface area contributed by atoms with Gasteiger partial charge in [-0.25, -0.2) is 0 Å². The predicted molar refractivity (Wildman–Crippen MR) is 92.2 cm³/mol. The van der Waals surface area contributed by atoms with E-state index in [0.717, 1.165) is 11.4 Å². The van der Waals surface area contributed by atoms with Crippen LogP contribution < -0.4 is 16.4 Å². The number of nitrogens with two attached hydrogens (primary N) is 1. The van der Waals surface area contributed by atoms with Crippen LogP contribution in [0.4, 0.5) is 5.00 Å². The zero-order valence-corrected chi connectivity index (χ0v) is 14.3. The van der Waals surface area contributed by atoms with Gasteiger partial charge in [0, 0.05) is 25.1 Å². The highest BCUT2D eigenvalue weighted by Crippen LogP contribution is 2.26. The predicted octanol–water partition coefficient (Wildman–Crippen LogP) is 2.33. The van der Waals surface area contributed by atoms with Gasteiger partial charge < -0.3 is 16.4 Å².